The second-order valence-corrected chi connectivity index (χ2v) is 5.41. The SMILES string of the molecule is OCC1(NCC2CCCO2)COCc2ccccc21. The van der Waals surface area contributed by atoms with Gasteiger partial charge in [-0.25, -0.2) is 0 Å². The molecule has 1 fully saturated rings. The van der Waals surface area contributed by atoms with E-state index in [1.807, 2.05) is 12.1 Å². The largest absolute Gasteiger partial charge is 0.394 e. The number of hydrogen-bond acceptors (Lipinski definition) is 4. The summed E-state index contributed by atoms with van der Waals surface area (Å²) in [7, 11) is 0. The van der Waals surface area contributed by atoms with Crippen LogP contribution in [0.5, 0.6) is 0 Å². The topological polar surface area (TPSA) is 50.7 Å². The van der Waals surface area contributed by atoms with E-state index in [4.69, 9.17) is 9.47 Å². The van der Waals surface area contributed by atoms with Gasteiger partial charge in [0.05, 0.1) is 31.5 Å². The minimum Gasteiger partial charge on any atom is -0.394 e. The molecule has 4 nitrogen and oxygen atoms in total. The van der Waals surface area contributed by atoms with E-state index in [2.05, 4.69) is 17.4 Å². The Morgan fingerprint density at radius 1 is 1.37 bits per heavy atom. The van der Waals surface area contributed by atoms with E-state index in [1.165, 1.54) is 0 Å². The highest BCUT2D eigenvalue weighted by atomic mass is 16.5. The molecule has 2 unspecified atom stereocenters. The molecule has 2 heterocycles. The van der Waals surface area contributed by atoms with Crippen molar-refractivity contribution in [1.82, 2.24) is 5.32 Å². The third-order valence-corrected chi connectivity index (χ3v) is 4.10. The van der Waals surface area contributed by atoms with Gasteiger partial charge in [0, 0.05) is 13.2 Å². The Balaban J connectivity index is 1.78. The van der Waals surface area contributed by atoms with Gasteiger partial charge in [0.15, 0.2) is 0 Å². The summed E-state index contributed by atoms with van der Waals surface area (Å²) >= 11 is 0. The van der Waals surface area contributed by atoms with Gasteiger partial charge < -0.3 is 19.9 Å². The highest BCUT2D eigenvalue weighted by Crippen LogP contribution is 2.30. The fourth-order valence-electron chi connectivity index (χ4n) is 2.97. The molecule has 0 bridgehead atoms. The molecule has 0 amide bonds. The second-order valence-electron chi connectivity index (χ2n) is 5.41. The van der Waals surface area contributed by atoms with E-state index in [0.29, 0.717) is 13.2 Å². The van der Waals surface area contributed by atoms with Gasteiger partial charge in [-0.15, -0.1) is 0 Å². The maximum atomic E-state index is 9.88. The van der Waals surface area contributed by atoms with Crippen molar-refractivity contribution in [2.24, 2.45) is 0 Å². The zero-order valence-corrected chi connectivity index (χ0v) is 11.1. The van der Waals surface area contributed by atoms with E-state index >= 15 is 0 Å². The number of aliphatic hydroxyl groups excluding tert-OH is 1. The minimum absolute atomic E-state index is 0.0384. The zero-order chi connectivity index (χ0) is 13.1. The van der Waals surface area contributed by atoms with Crippen LogP contribution in [-0.4, -0.2) is 37.6 Å². The van der Waals surface area contributed by atoms with Crippen molar-refractivity contribution in [3.8, 4) is 0 Å². The van der Waals surface area contributed by atoms with Gasteiger partial charge in [-0.05, 0) is 24.0 Å². The first-order valence-corrected chi connectivity index (χ1v) is 6.98. The summed E-state index contributed by atoms with van der Waals surface area (Å²) in [6.07, 6.45) is 2.49. The van der Waals surface area contributed by atoms with Gasteiger partial charge in [-0.2, -0.15) is 0 Å². The molecule has 4 heteroatoms. The maximum Gasteiger partial charge on any atom is 0.0910 e. The lowest BCUT2D eigenvalue weighted by atomic mass is 9.86. The van der Waals surface area contributed by atoms with E-state index in [9.17, 15) is 5.11 Å². The summed E-state index contributed by atoms with van der Waals surface area (Å²) in [5, 5.41) is 13.4. The fraction of sp³-hybridized carbons (Fsp3) is 0.600. The van der Waals surface area contributed by atoms with Gasteiger partial charge >= 0.3 is 0 Å². The van der Waals surface area contributed by atoms with Crippen LogP contribution >= 0.6 is 0 Å². The molecule has 1 aromatic carbocycles. The second kappa shape index (κ2) is 5.59. The van der Waals surface area contributed by atoms with Crippen LogP contribution in [0, 0.1) is 0 Å². The van der Waals surface area contributed by atoms with Crippen LogP contribution < -0.4 is 5.32 Å². The molecule has 0 saturated carbocycles. The molecule has 19 heavy (non-hydrogen) atoms. The van der Waals surface area contributed by atoms with Crippen molar-refractivity contribution in [3.05, 3.63) is 35.4 Å². The number of aliphatic hydroxyl groups is 1. The number of ether oxygens (including phenoxy) is 2. The summed E-state index contributed by atoms with van der Waals surface area (Å²) in [6.45, 7) is 2.79. The van der Waals surface area contributed by atoms with Crippen LogP contribution in [-0.2, 0) is 21.6 Å². The standard InChI is InChI=1S/C15H21NO3/c17-10-15(16-8-13-5-3-7-19-13)11-18-9-12-4-1-2-6-14(12)15/h1-2,4,6,13,16-17H,3,5,7-11H2. The third kappa shape index (κ3) is 2.54. The summed E-state index contributed by atoms with van der Waals surface area (Å²) in [4.78, 5) is 0. The van der Waals surface area contributed by atoms with Crippen LogP contribution in [0.4, 0.5) is 0 Å². The Morgan fingerprint density at radius 2 is 2.26 bits per heavy atom. The van der Waals surface area contributed by atoms with Crippen molar-refractivity contribution < 1.29 is 14.6 Å². The molecule has 3 rings (SSSR count). The molecule has 1 aromatic rings. The summed E-state index contributed by atoms with van der Waals surface area (Å²) in [5.41, 5.74) is 1.82. The van der Waals surface area contributed by atoms with Gasteiger partial charge in [0.25, 0.3) is 0 Å². The molecular weight excluding hydrogens is 242 g/mol. The molecule has 0 aliphatic carbocycles. The molecule has 2 atom stereocenters. The first-order chi connectivity index (χ1) is 9.34. The fourth-order valence-corrected chi connectivity index (χ4v) is 2.97. The van der Waals surface area contributed by atoms with Gasteiger partial charge in [0.1, 0.15) is 0 Å². The summed E-state index contributed by atoms with van der Waals surface area (Å²) < 4.78 is 11.3. The average molecular weight is 263 g/mol. The highest BCUT2D eigenvalue weighted by molar-refractivity contribution is 5.35. The van der Waals surface area contributed by atoms with Crippen LogP contribution in [0.1, 0.15) is 24.0 Å². The number of fused-ring (bicyclic) bond motifs is 1. The van der Waals surface area contributed by atoms with E-state index in [1.54, 1.807) is 0 Å². The lowest BCUT2D eigenvalue weighted by Crippen LogP contribution is -2.53. The molecular formula is C15H21NO3. The lowest BCUT2D eigenvalue weighted by Gasteiger charge is -2.39. The smallest absolute Gasteiger partial charge is 0.0910 e. The van der Waals surface area contributed by atoms with Crippen molar-refractivity contribution in [2.45, 2.75) is 31.1 Å². The third-order valence-electron chi connectivity index (χ3n) is 4.10. The Morgan fingerprint density at radius 3 is 3.05 bits per heavy atom. The van der Waals surface area contributed by atoms with Crippen LogP contribution in [0.2, 0.25) is 0 Å². The summed E-state index contributed by atoms with van der Waals surface area (Å²) in [6, 6.07) is 8.17. The molecule has 0 spiro atoms. The number of nitrogens with one attached hydrogen (secondary N) is 1. The lowest BCUT2D eigenvalue weighted by molar-refractivity contribution is -0.000812. The van der Waals surface area contributed by atoms with Crippen molar-refractivity contribution in [3.63, 3.8) is 0 Å². The molecule has 0 aromatic heterocycles. The number of benzene rings is 1. The van der Waals surface area contributed by atoms with Crippen molar-refractivity contribution >= 4 is 0 Å². The first kappa shape index (κ1) is 13.1. The van der Waals surface area contributed by atoms with Crippen molar-refractivity contribution in [1.29, 1.82) is 0 Å². The molecule has 2 N–H and O–H groups in total. The minimum atomic E-state index is -0.485. The molecule has 2 aliphatic rings. The van der Waals surface area contributed by atoms with Crippen LogP contribution in [0.25, 0.3) is 0 Å². The predicted molar refractivity (Wildman–Crippen MR) is 71.8 cm³/mol. The van der Waals surface area contributed by atoms with Gasteiger partial charge in [-0.1, -0.05) is 24.3 Å². The Bertz CT molecular complexity index is 431. The first-order valence-electron chi connectivity index (χ1n) is 6.98. The number of rotatable bonds is 4. The highest BCUT2D eigenvalue weighted by Gasteiger charge is 2.37. The Hall–Kier alpha value is -0.940. The average Bonchev–Trinajstić information content (AvgIpc) is 2.98. The van der Waals surface area contributed by atoms with Crippen LogP contribution in [0.3, 0.4) is 0 Å². The monoisotopic (exact) mass is 263 g/mol. The van der Waals surface area contributed by atoms with Gasteiger partial charge in [0.2, 0.25) is 0 Å². The zero-order valence-electron chi connectivity index (χ0n) is 11.1. The number of hydrogen-bond donors (Lipinski definition) is 2. The summed E-state index contributed by atoms with van der Waals surface area (Å²) in [5.74, 6) is 0. The maximum absolute atomic E-state index is 9.88. The van der Waals surface area contributed by atoms with E-state index in [0.717, 1.165) is 37.1 Å². The van der Waals surface area contributed by atoms with Crippen molar-refractivity contribution in [2.75, 3.05) is 26.4 Å². The predicted octanol–water partition coefficient (Wildman–Crippen LogP) is 1.17. The van der Waals surface area contributed by atoms with E-state index in [-0.39, 0.29) is 12.7 Å². The Labute approximate surface area is 113 Å². The quantitative estimate of drug-likeness (QED) is 0.856. The molecule has 104 valence electrons. The molecule has 0 radical (unpaired) electrons. The van der Waals surface area contributed by atoms with Crippen LogP contribution in [0.15, 0.2) is 24.3 Å². The molecule has 2 aliphatic heterocycles. The van der Waals surface area contributed by atoms with Gasteiger partial charge in [-0.3, -0.25) is 0 Å². The van der Waals surface area contributed by atoms with E-state index < -0.39 is 5.54 Å². The molecule has 1 saturated heterocycles. The Kier molecular flexibility index (Phi) is 3.84. The normalized spacial score (nSPS) is 30.3.